The van der Waals surface area contributed by atoms with E-state index in [-0.39, 0.29) is 0 Å². The number of hydrogen-bond acceptors (Lipinski definition) is 4. The molecule has 100 valence electrons. The first kappa shape index (κ1) is 12.4. The third kappa shape index (κ3) is 2.54. The minimum atomic E-state index is 0.500. The highest BCUT2D eigenvalue weighted by molar-refractivity contribution is 5.78. The van der Waals surface area contributed by atoms with Crippen LogP contribution >= 0.6 is 0 Å². The zero-order valence-corrected chi connectivity index (χ0v) is 11.1. The van der Waals surface area contributed by atoms with Crippen LogP contribution in [0.1, 0.15) is 25.7 Å². The van der Waals surface area contributed by atoms with Gasteiger partial charge in [-0.05, 0) is 38.3 Å². The summed E-state index contributed by atoms with van der Waals surface area (Å²) in [6.07, 6.45) is 6.65. The van der Waals surface area contributed by atoms with Crippen LogP contribution in [-0.2, 0) is 0 Å². The van der Waals surface area contributed by atoms with Gasteiger partial charge in [0.05, 0.1) is 5.52 Å². The second-order valence-electron chi connectivity index (χ2n) is 5.15. The lowest BCUT2D eigenvalue weighted by molar-refractivity contribution is 0.436. The lowest BCUT2D eigenvalue weighted by Crippen LogP contribution is -2.41. The normalized spacial score (nSPS) is 19.8. The van der Waals surface area contributed by atoms with Crippen LogP contribution in [-0.4, -0.2) is 29.1 Å². The summed E-state index contributed by atoms with van der Waals surface area (Å²) in [4.78, 5) is 11.6. The monoisotopic (exact) mass is 256 g/mol. The molecule has 1 fully saturated rings. The summed E-state index contributed by atoms with van der Waals surface area (Å²) >= 11 is 0. The number of aromatic nitrogens is 2. The van der Waals surface area contributed by atoms with Gasteiger partial charge in [-0.2, -0.15) is 0 Å². The molecule has 3 rings (SSSR count). The second kappa shape index (κ2) is 5.53. The van der Waals surface area contributed by atoms with E-state index < -0.39 is 0 Å². The lowest BCUT2D eigenvalue weighted by Gasteiger charge is -2.35. The fourth-order valence-electron chi connectivity index (χ4n) is 2.86. The van der Waals surface area contributed by atoms with E-state index in [1.807, 2.05) is 30.5 Å². The summed E-state index contributed by atoms with van der Waals surface area (Å²) in [7, 11) is 0. The van der Waals surface area contributed by atoms with Crippen LogP contribution < -0.4 is 10.6 Å². The van der Waals surface area contributed by atoms with Crippen LogP contribution in [0.5, 0.6) is 0 Å². The highest BCUT2D eigenvalue weighted by Gasteiger charge is 2.23. The highest BCUT2D eigenvalue weighted by Crippen LogP contribution is 2.24. The molecule has 4 nitrogen and oxygen atoms in total. The smallest absolute Gasteiger partial charge is 0.226 e. The van der Waals surface area contributed by atoms with Crippen LogP contribution in [0.25, 0.3) is 10.9 Å². The topological polar surface area (TPSA) is 55.0 Å². The van der Waals surface area contributed by atoms with E-state index >= 15 is 0 Å². The Hall–Kier alpha value is -1.68. The van der Waals surface area contributed by atoms with E-state index in [4.69, 9.17) is 10.7 Å². The van der Waals surface area contributed by atoms with E-state index in [1.54, 1.807) is 0 Å². The maximum Gasteiger partial charge on any atom is 0.226 e. The Balaban J connectivity index is 1.92. The number of anilines is 1. The molecule has 19 heavy (non-hydrogen) atoms. The summed E-state index contributed by atoms with van der Waals surface area (Å²) in [5.41, 5.74) is 6.74. The first-order valence-electron chi connectivity index (χ1n) is 7.07. The molecule has 2 N–H and O–H groups in total. The molecule has 0 spiro atoms. The first-order valence-corrected chi connectivity index (χ1v) is 7.07. The largest absolute Gasteiger partial charge is 0.338 e. The highest BCUT2D eigenvalue weighted by atomic mass is 15.3. The van der Waals surface area contributed by atoms with Crippen molar-refractivity contribution in [1.82, 2.24) is 9.97 Å². The van der Waals surface area contributed by atoms with Crippen molar-refractivity contribution in [3.8, 4) is 0 Å². The summed E-state index contributed by atoms with van der Waals surface area (Å²) in [5.74, 6) is 0.858. The number of nitrogens with zero attached hydrogens (tertiary/aromatic N) is 3. The van der Waals surface area contributed by atoms with E-state index in [0.717, 1.165) is 36.4 Å². The Morgan fingerprint density at radius 2 is 2.16 bits per heavy atom. The first-order chi connectivity index (χ1) is 9.38. The Bertz CT molecular complexity index is 553. The minimum Gasteiger partial charge on any atom is -0.338 e. The quantitative estimate of drug-likeness (QED) is 0.915. The number of piperidine rings is 1. The van der Waals surface area contributed by atoms with Gasteiger partial charge in [0.15, 0.2) is 0 Å². The number of para-hydroxylation sites is 1. The van der Waals surface area contributed by atoms with E-state index in [0.29, 0.717) is 6.04 Å². The molecule has 0 aliphatic carbocycles. The molecular weight excluding hydrogens is 236 g/mol. The van der Waals surface area contributed by atoms with Gasteiger partial charge >= 0.3 is 0 Å². The Labute approximate surface area is 113 Å². The predicted octanol–water partition coefficient (Wildman–Crippen LogP) is 2.34. The zero-order valence-electron chi connectivity index (χ0n) is 11.1. The standard InChI is InChI=1S/C15H20N4/c16-9-8-13-6-3-4-10-19(13)15-17-11-12-5-1-2-7-14(12)18-15/h1-2,5,7,11,13H,3-4,6,8-10,16H2. The Kier molecular flexibility index (Phi) is 3.60. The molecule has 1 unspecified atom stereocenters. The maximum absolute atomic E-state index is 5.72. The van der Waals surface area contributed by atoms with Crippen molar-refractivity contribution in [1.29, 1.82) is 0 Å². The van der Waals surface area contributed by atoms with Gasteiger partial charge in [0, 0.05) is 24.2 Å². The molecule has 2 aromatic rings. The third-order valence-electron chi connectivity index (χ3n) is 3.86. The van der Waals surface area contributed by atoms with Gasteiger partial charge in [-0.3, -0.25) is 0 Å². The van der Waals surface area contributed by atoms with Gasteiger partial charge in [0.2, 0.25) is 5.95 Å². The van der Waals surface area contributed by atoms with Crippen LogP contribution in [0.3, 0.4) is 0 Å². The summed E-state index contributed by atoms with van der Waals surface area (Å²) in [6, 6.07) is 8.63. The summed E-state index contributed by atoms with van der Waals surface area (Å²) in [6.45, 7) is 1.78. The number of fused-ring (bicyclic) bond motifs is 1. The molecule has 1 aromatic carbocycles. The van der Waals surface area contributed by atoms with Gasteiger partial charge in [-0.1, -0.05) is 18.2 Å². The van der Waals surface area contributed by atoms with Gasteiger partial charge in [0.25, 0.3) is 0 Å². The van der Waals surface area contributed by atoms with Crippen LogP contribution in [0, 0.1) is 0 Å². The lowest BCUT2D eigenvalue weighted by atomic mass is 10.00. The van der Waals surface area contributed by atoms with Gasteiger partial charge in [0.1, 0.15) is 0 Å². The molecule has 1 atom stereocenters. The molecular formula is C15H20N4. The molecule has 0 bridgehead atoms. The second-order valence-corrected chi connectivity index (χ2v) is 5.15. The average molecular weight is 256 g/mol. The fourth-order valence-corrected chi connectivity index (χ4v) is 2.86. The van der Waals surface area contributed by atoms with Crippen molar-refractivity contribution < 1.29 is 0 Å². The number of rotatable bonds is 3. The Morgan fingerprint density at radius 1 is 1.26 bits per heavy atom. The van der Waals surface area contributed by atoms with E-state index in [1.165, 1.54) is 19.3 Å². The number of nitrogens with two attached hydrogens (primary N) is 1. The maximum atomic E-state index is 5.72. The molecule has 1 aliphatic heterocycles. The third-order valence-corrected chi connectivity index (χ3v) is 3.86. The van der Waals surface area contributed by atoms with E-state index in [2.05, 4.69) is 9.88 Å². The number of benzene rings is 1. The fraction of sp³-hybridized carbons (Fsp3) is 0.467. The molecule has 2 heterocycles. The van der Waals surface area contributed by atoms with Gasteiger partial charge in [-0.25, -0.2) is 9.97 Å². The summed E-state index contributed by atoms with van der Waals surface area (Å²) < 4.78 is 0. The zero-order chi connectivity index (χ0) is 13.1. The molecule has 4 heteroatoms. The van der Waals surface area contributed by atoms with Gasteiger partial charge < -0.3 is 10.6 Å². The van der Waals surface area contributed by atoms with Crippen molar-refractivity contribution >= 4 is 16.9 Å². The van der Waals surface area contributed by atoms with Gasteiger partial charge in [-0.15, -0.1) is 0 Å². The molecule has 0 saturated carbocycles. The van der Waals surface area contributed by atoms with Crippen LogP contribution in [0.15, 0.2) is 30.5 Å². The summed E-state index contributed by atoms with van der Waals surface area (Å²) in [5, 5.41) is 1.10. The predicted molar refractivity (Wildman–Crippen MR) is 78.2 cm³/mol. The molecule has 0 radical (unpaired) electrons. The SMILES string of the molecule is NCCC1CCCCN1c1ncc2ccccc2n1. The van der Waals surface area contributed by atoms with Crippen molar-refractivity contribution in [3.05, 3.63) is 30.5 Å². The van der Waals surface area contributed by atoms with Crippen molar-refractivity contribution in [2.75, 3.05) is 18.0 Å². The molecule has 1 aromatic heterocycles. The molecule has 1 saturated heterocycles. The molecule has 0 amide bonds. The Morgan fingerprint density at radius 3 is 3.05 bits per heavy atom. The molecule has 1 aliphatic rings. The van der Waals surface area contributed by atoms with E-state index in [9.17, 15) is 0 Å². The minimum absolute atomic E-state index is 0.500. The van der Waals surface area contributed by atoms with Crippen molar-refractivity contribution in [3.63, 3.8) is 0 Å². The van der Waals surface area contributed by atoms with Crippen LogP contribution in [0.4, 0.5) is 5.95 Å². The van der Waals surface area contributed by atoms with Crippen LogP contribution in [0.2, 0.25) is 0 Å². The number of hydrogen-bond donors (Lipinski definition) is 1. The average Bonchev–Trinajstić information content (AvgIpc) is 2.48. The van der Waals surface area contributed by atoms with Crippen molar-refractivity contribution in [2.24, 2.45) is 5.73 Å². The van der Waals surface area contributed by atoms with Crippen molar-refractivity contribution in [2.45, 2.75) is 31.7 Å².